The maximum Gasteiger partial charge on any atom is 0.252 e. The van der Waals surface area contributed by atoms with Crippen LogP contribution >= 0.6 is 0 Å². The van der Waals surface area contributed by atoms with E-state index in [2.05, 4.69) is 15.1 Å². The first-order valence-electron chi connectivity index (χ1n) is 3.84. The Morgan fingerprint density at radius 2 is 2.46 bits per heavy atom. The SMILES string of the molecule is Cc1cnc2nc(CNO)nn2c1. The highest BCUT2D eigenvalue weighted by Gasteiger charge is 2.02. The monoisotopic (exact) mass is 179 g/mol. The van der Waals surface area contributed by atoms with Crippen LogP contribution in [0.3, 0.4) is 0 Å². The van der Waals surface area contributed by atoms with Crippen LogP contribution in [-0.2, 0) is 6.54 Å². The molecule has 0 saturated carbocycles. The molecule has 2 aromatic rings. The summed E-state index contributed by atoms with van der Waals surface area (Å²) in [4.78, 5) is 8.13. The van der Waals surface area contributed by atoms with E-state index in [9.17, 15) is 0 Å². The standard InChI is InChI=1S/C7H9N5O/c1-5-2-8-7-10-6(3-9-13)11-12(7)4-5/h2,4,9,13H,3H2,1H3. The summed E-state index contributed by atoms with van der Waals surface area (Å²) in [6.45, 7) is 2.15. The first-order valence-corrected chi connectivity index (χ1v) is 3.84. The highest BCUT2D eigenvalue weighted by atomic mass is 16.5. The van der Waals surface area contributed by atoms with Gasteiger partial charge in [0.25, 0.3) is 5.78 Å². The van der Waals surface area contributed by atoms with Gasteiger partial charge in [-0.2, -0.15) is 10.5 Å². The molecule has 0 unspecified atom stereocenters. The van der Waals surface area contributed by atoms with E-state index in [1.165, 1.54) is 0 Å². The second-order valence-corrected chi connectivity index (χ2v) is 2.74. The van der Waals surface area contributed by atoms with Crippen molar-refractivity contribution in [1.82, 2.24) is 25.1 Å². The first-order chi connectivity index (χ1) is 6.29. The quantitative estimate of drug-likeness (QED) is 0.630. The molecule has 6 heteroatoms. The third-order valence-electron chi connectivity index (χ3n) is 1.60. The zero-order valence-corrected chi connectivity index (χ0v) is 7.10. The minimum Gasteiger partial charge on any atom is -0.316 e. The normalized spacial score (nSPS) is 10.9. The van der Waals surface area contributed by atoms with Gasteiger partial charge in [0, 0.05) is 12.4 Å². The van der Waals surface area contributed by atoms with Crippen molar-refractivity contribution in [3.63, 3.8) is 0 Å². The Labute approximate surface area is 74.2 Å². The van der Waals surface area contributed by atoms with Gasteiger partial charge in [-0.3, -0.25) is 0 Å². The topological polar surface area (TPSA) is 75.3 Å². The summed E-state index contributed by atoms with van der Waals surface area (Å²) in [6, 6.07) is 0. The zero-order valence-electron chi connectivity index (χ0n) is 7.10. The number of nitrogens with one attached hydrogen (secondary N) is 1. The van der Waals surface area contributed by atoms with Crippen LogP contribution in [0.5, 0.6) is 0 Å². The number of hydrogen-bond donors (Lipinski definition) is 2. The van der Waals surface area contributed by atoms with Crippen molar-refractivity contribution < 1.29 is 5.21 Å². The van der Waals surface area contributed by atoms with E-state index in [-0.39, 0.29) is 6.54 Å². The Morgan fingerprint density at radius 1 is 1.62 bits per heavy atom. The Bertz CT molecular complexity index is 424. The number of fused-ring (bicyclic) bond motifs is 1. The lowest BCUT2D eigenvalue weighted by Crippen LogP contribution is -2.07. The van der Waals surface area contributed by atoms with E-state index in [4.69, 9.17) is 5.21 Å². The summed E-state index contributed by atoms with van der Waals surface area (Å²) in [7, 11) is 0. The average Bonchev–Trinajstić information content (AvgIpc) is 2.46. The minimum atomic E-state index is 0.225. The molecule has 68 valence electrons. The number of rotatable bonds is 2. The highest BCUT2D eigenvalue weighted by molar-refractivity contribution is 5.27. The third kappa shape index (κ3) is 1.49. The maximum atomic E-state index is 8.44. The Balaban J connectivity index is 2.49. The minimum absolute atomic E-state index is 0.225. The lowest BCUT2D eigenvalue weighted by Gasteiger charge is -1.90. The maximum absolute atomic E-state index is 8.44. The molecule has 0 aliphatic heterocycles. The Hall–Kier alpha value is -1.53. The summed E-state index contributed by atoms with van der Waals surface area (Å²) < 4.78 is 1.59. The van der Waals surface area contributed by atoms with Crippen LogP contribution in [0.15, 0.2) is 12.4 Å². The second kappa shape index (κ2) is 3.08. The van der Waals surface area contributed by atoms with Crippen LogP contribution in [0.25, 0.3) is 5.78 Å². The predicted molar refractivity (Wildman–Crippen MR) is 44.1 cm³/mol. The smallest absolute Gasteiger partial charge is 0.252 e. The van der Waals surface area contributed by atoms with Crippen LogP contribution in [-0.4, -0.2) is 24.8 Å². The molecule has 2 heterocycles. The van der Waals surface area contributed by atoms with Crippen molar-refractivity contribution in [2.45, 2.75) is 13.5 Å². The van der Waals surface area contributed by atoms with Gasteiger partial charge in [-0.1, -0.05) is 0 Å². The van der Waals surface area contributed by atoms with Gasteiger partial charge in [0.2, 0.25) is 0 Å². The Morgan fingerprint density at radius 3 is 3.23 bits per heavy atom. The molecule has 0 atom stereocenters. The molecular formula is C7H9N5O. The highest BCUT2D eigenvalue weighted by Crippen LogP contribution is 1.99. The summed E-state index contributed by atoms with van der Waals surface area (Å²) in [5, 5.41) is 12.5. The van der Waals surface area contributed by atoms with Gasteiger partial charge in [0.05, 0.1) is 6.54 Å². The molecule has 0 radical (unpaired) electrons. The molecule has 13 heavy (non-hydrogen) atoms. The van der Waals surface area contributed by atoms with Gasteiger partial charge in [-0.15, -0.1) is 5.10 Å². The van der Waals surface area contributed by atoms with E-state index >= 15 is 0 Å². The molecule has 0 aromatic carbocycles. The van der Waals surface area contributed by atoms with E-state index in [0.29, 0.717) is 11.6 Å². The van der Waals surface area contributed by atoms with Crippen LogP contribution < -0.4 is 5.48 Å². The van der Waals surface area contributed by atoms with Gasteiger partial charge in [0.1, 0.15) is 0 Å². The van der Waals surface area contributed by atoms with Crippen molar-refractivity contribution in [2.75, 3.05) is 0 Å². The molecule has 0 spiro atoms. The second-order valence-electron chi connectivity index (χ2n) is 2.74. The molecule has 2 rings (SSSR count). The molecule has 0 saturated heterocycles. The van der Waals surface area contributed by atoms with E-state index in [1.54, 1.807) is 10.7 Å². The summed E-state index contributed by atoms with van der Waals surface area (Å²) in [5.74, 6) is 1.05. The van der Waals surface area contributed by atoms with E-state index in [0.717, 1.165) is 5.56 Å². The number of hydroxylamine groups is 1. The van der Waals surface area contributed by atoms with Crippen LogP contribution in [0.4, 0.5) is 0 Å². The molecule has 2 aromatic heterocycles. The van der Waals surface area contributed by atoms with Crippen LogP contribution in [0, 0.1) is 6.92 Å². The van der Waals surface area contributed by atoms with Crippen LogP contribution in [0.1, 0.15) is 11.4 Å². The molecule has 6 nitrogen and oxygen atoms in total. The van der Waals surface area contributed by atoms with Gasteiger partial charge in [0.15, 0.2) is 5.82 Å². The molecule has 2 N–H and O–H groups in total. The molecular weight excluding hydrogens is 170 g/mol. The van der Waals surface area contributed by atoms with Gasteiger partial charge >= 0.3 is 0 Å². The van der Waals surface area contributed by atoms with Crippen molar-refractivity contribution in [3.05, 3.63) is 23.8 Å². The molecule has 0 fully saturated rings. The first kappa shape index (κ1) is 8.09. The fourth-order valence-electron chi connectivity index (χ4n) is 1.06. The number of hydrogen-bond acceptors (Lipinski definition) is 5. The van der Waals surface area contributed by atoms with Crippen molar-refractivity contribution in [2.24, 2.45) is 0 Å². The van der Waals surface area contributed by atoms with Crippen LogP contribution in [0.2, 0.25) is 0 Å². The van der Waals surface area contributed by atoms with Gasteiger partial charge in [-0.05, 0) is 12.5 Å². The zero-order chi connectivity index (χ0) is 9.26. The molecule has 0 amide bonds. The summed E-state index contributed by atoms with van der Waals surface area (Å²) >= 11 is 0. The van der Waals surface area contributed by atoms with E-state index in [1.807, 2.05) is 18.6 Å². The van der Waals surface area contributed by atoms with E-state index < -0.39 is 0 Å². The van der Waals surface area contributed by atoms with Crippen molar-refractivity contribution >= 4 is 5.78 Å². The summed E-state index contributed by atoms with van der Waals surface area (Å²) in [5.41, 5.74) is 3.01. The van der Waals surface area contributed by atoms with Gasteiger partial charge < -0.3 is 5.21 Å². The lowest BCUT2D eigenvalue weighted by molar-refractivity contribution is 0.158. The third-order valence-corrected chi connectivity index (χ3v) is 1.60. The van der Waals surface area contributed by atoms with Crippen molar-refractivity contribution in [3.8, 4) is 0 Å². The lowest BCUT2D eigenvalue weighted by atomic mass is 10.4. The van der Waals surface area contributed by atoms with Gasteiger partial charge in [-0.25, -0.2) is 9.50 Å². The van der Waals surface area contributed by atoms with Crippen molar-refractivity contribution in [1.29, 1.82) is 0 Å². The average molecular weight is 179 g/mol. The largest absolute Gasteiger partial charge is 0.316 e. The number of aromatic nitrogens is 4. The number of nitrogens with zero attached hydrogens (tertiary/aromatic N) is 4. The predicted octanol–water partition coefficient (Wildman–Crippen LogP) is -0.0885. The number of aryl methyl sites for hydroxylation is 1. The molecule has 0 aliphatic rings. The fraction of sp³-hybridized carbons (Fsp3) is 0.286. The Kier molecular flexibility index (Phi) is 1.91. The fourth-order valence-corrected chi connectivity index (χ4v) is 1.06. The summed E-state index contributed by atoms with van der Waals surface area (Å²) in [6.07, 6.45) is 3.55. The molecule has 0 bridgehead atoms. The molecule has 0 aliphatic carbocycles.